The Kier molecular flexibility index (Phi) is 6.25. The zero-order valence-corrected chi connectivity index (χ0v) is 20.3. The molecule has 2 amide bonds. The lowest BCUT2D eigenvalue weighted by molar-refractivity contribution is 0.0663. The Bertz CT molecular complexity index is 1290. The molecule has 2 heterocycles. The Morgan fingerprint density at radius 2 is 1.65 bits per heavy atom. The number of fused-ring (bicyclic) bond motifs is 2. The third kappa shape index (κ3) is 4.27. The summed E-state index contributed by atoms with van der Waals surface area (Å²) in [4.78, 5) is 33.6. The zero-order chi connectivity index (χ0) is 23.8. The maximum atomic E-state index is 13.7. The van der Waals surface area contributed by atoms with Crippen LogP contribution in [-0.4, -0.2) is 59.0 Å². The molecule has 5 rings (SSSR count). The summed E-state index contributed by atoms with van der Waals surface area (Å²) < 4.78 is 13.5. The first-order valence-corrected chi connectivity index (χ1v) is 12.6. The molecular weight excluding hydrogens is 470 g/mol. The van der Waals surface area contributed by atoms with Gasteiger partial charge in [0.25, 0.3) is 11.8 Å². The fourth-order valence-corrected chi connectivity index (χ4v) is 5.79. The van der Waals surface area contributed by atoms with Crippen molar-refractivity contribution in [1.29, 1.82) is 0 Å². The summed E-state index contributed by atoms with van der Waals surface area (Å²) in [5.41, 5.74) is 2.26. The van der Waals surface area contributed by atoms with Gasteiger partial charge in [0.1, 0.15) is 0 Å². The SMILES string of the molecule is CN1CCN(C(=O)c2ccc3c(c2)N(Cc2ccc(Cl)cc2)C(=O)c2ccccc2[S@@]3=O)CC1. The third-order valence-corrected chi connectivity index (χ3v) is 8.06. The van der Waals surface area contributed by atoms with Gasteiger partial charge in [-0.05, 0) is 55.1 Å². The van der Waals surface area contributed by atoms with Crippen LogP contribution in [0.5, 0.6) is 0 Å². The third-order valence-electron chi connectivity index (χ3n) is 6.30. The van der Waals surface area contributed by atoms with Gasteiger partial charge in [0.05, 0.1) is 38.4 Å². The van der Waals surface area contributed by atoms with Gasteiger partial charge in [-0.3, -0.25) is 9.59 Å². The molecule has 3 aromatic rings. The molecule has 2 aliphatic heterocycles. The van der Waals surface area contributed by atoms with Crippen LogP contribution in [0.25, 0.3) is 0 Å². The average Bonchev–Trinajstić information content (AvgIpc) is 2.95. The van der Waals surface area contributed by atoms with Crippen molar-refractivity contribution in [2.45, 2.75) is 16.3 Å². The molecule has 0 saturated carbocycles. The number of carbonyl (C=O) groups excluding carboxylic acids is 2. The lowest BCUT2D eigenvalue weighted by atomic mass is 10.1. The van der Waals surface area contributed by atoms with Crippen LogP contribution < -0.4 is 4.90 Å². The highest BCUT2D eigenvalue weighted by molar-refractivity contribution is 7.85. The molecule has 1 atom stereocenters. The van der Waals surface area contributed by atoms with E-state index in [0.29, 0.717) is 44.7 Å². The standard InChI is InChI=1S/C26H24ClN3O3S/c1-28-12-14-29(15-13-28)25(31)19-8-11-24-22(16-19)30(17-18-6-9-20(27)10-7-18)26(32)21-4-2-3-5-23(21)34(24)33/h2-11,16H,12-15,17H2,1H3/t34-/m0/s1. The minimum absolute atomic E-state index is 0.0812. The van der Waals surface area contributed by atoms with Crippen molar-refractivity contribution in [3.8, 4) is 0 Å². The van der Waals surface area contributed by atoms with Crippen molar-refractivity contribution >= 4 is 39.9 Å². The van der Waals surface area contributed by atoms with Crippen LogP contribution in [0.4, 0.5) is 5.69 Å². The van der Waals surface area contributed by atoms with Gasteiger partial charge in [0.2, 0.25) is 0 Å². The second kappa shape index (κ2) is 9.33. The van der Waals surface area contributed by atoms with E-state index in [2.05, 4.69) is 4.90 Å². The molecular formula is C26H24ClN3O3S. The van der Waals surface area contributed by atoms with Crippen molar-refractivity contribution in [2.75, 3.05) is 38.1 Å². The van der Waals surface area contributed by atoms with E-state index in [-0.39, 0.29) is 18.4 Å². The first kappa shape index (κ1) is 22.8. The highest BCUT2D eigenvalue weighted by Crippen LogP contribution is 2.36. The fourth-order valence-electron chi connectivity index (χ4n) is 4.32. The van der Waals surface area contributed by atoms with Crippen LogP contribution in [-0.2, 0) is 17.3 Å². The van der Waals surface area contributed by atoms with Gasteiger partial charge in [-0.25, -0.2) is 4.21 Å². The first-order valence-electron chi connectivity index (χ1n) is 11.1. The van der Waals surface area contributed by atoms with Crippen LogP contribution in [0.1, 0.15) is 26.3 Å². The summed E-state index contributed by atoms with van der Waals surface area (Å²) in [7, 11) is 0.482. The van der Waals surface area contributed by atoms with Crippen LogP contribution in [0, 0.1) is 0 Å². The van der Waals surface area contributed by atoms with E-state index in [9.17, 15) is 13.8 Å². The van der Waals surface area contributed by atoms with Crippen LogP contribution in [0.2, 0.25) is 5.02 Å². The van der Waals surface area contributed by atoms with Crippen LogP contribution >= 0.6 is 11.6 Å². The van der Waals surface area contributed by atoms with Gasteiger partial charge in [-0.1, -0.05) is 35.9 Å². The average molecular weight is 494 g/mol. The number of amides is 2. The molecule has 0 bridgehead atoms. The number of rotatable bonds is 3. The van der Waals surface area contributed by atoms with Gasteiger partial charge in [-0.2, -0.15) is 0 Å². The molecule has 34 heavy (non-hydrogen) atoms. The fraction of sp³-hybridized carbons (Fsp3) is 0.231. The molecule has 6 nitrogen and oxygen atoms in total. The highest BCUT2D eigenvalue weighted by atomic mass is 35.5. The second-order valence-corrected chi connectivity index (χ2v) is 10.4. The zero-order valence-electron chi connectivity index (χ0n) is 18.7. The lowest BCUT2D eigenvalue weighted by Crippen LogP contribution is -2.47. The van der Waals surface area contributed by atoms with E-state index in [1.807, 2.05) is 24.1 Å². The number of anilines is 1. The van der Waals surface area contributed by atoms with E-state index in [1.54, 1.807) is 59.5 Å². The summed E-state index contributed by atoms with van der Waals surface area (Å²) in [6.07, 6.45) is 0. The Morgan fingerprint density at radius 3 is 2.38 bits per heavy atom. The maximum absolute atomic E-state index is 13.7. The summed E-state index contributed by atoms with van der Waals surface area (Å²) in [6, 6.07) is 19.4. The van der Waals surface area contributed by atoms with Gasteiger partial charge in [0, 0.05) is 36.8 Å². The Balaban J connectivity index is 1.59. The van der Waals surface area contributed by atoms with Crippen molar-refractivity contribution in [3.63, 3.8) is 0 Å². The largest absolute Gasteiger partial charge is 0.336 e. The molecule has 1 saturated heterocycles. The predicted octanol–water partition coefficient (Wildman–Crippen LogP) is 4.05. The molecule has 0 aromatic heterocycles. The topological polar surface area (TPSA) is 60.9 Å². The molecule has 0 N–H and O–H groups in total. The Labute approximate surface area is 206 Å². The molecule has 8 heteroatoms. The molecule has 2 aliphatic rings. The van der Waals surface area contributed by atoms with Gasteiger partial charge in [-0.15, -0.1) is 0 Å². The van der Waals surface area contributed by atoms with E-state index in [1.165, 1.54) is 0 Å². The van der Waals surface area contributed by atoms with E-state index in [0.717, 1.165) is 18.7 Å². The van der Waals surface area contributed by atoms with Crippen molar-refractivity contribution in [3.05, 3.63) is 88.4 Å². The number of carbonyl (C=O) groups is 2. The number of benzene rings is 3. The van der Waals surface area contributed by atoms with Crippen LogP contribution in [0.3, 0.4) is 0 Å². The minimum Gasteiger partial charge on any atom is -0.336 e. The number of hydrogen-bond donors (Lipinski definition) is 0. The van der Waals surface area contributed by atoms with Crippen molar-refractivity contribution in [2.24, 2.45) is 0 Å². The maximum Gasteiger partial charge on any atom is 0.259 e. The highest BCUT2D eigenvalue weighted by Gasteiger charge is 2.32. The van der Waals surface area contributed by atoms with Gasteiger partial charge in [0.15, 0.2) is 0 Å². The van der Waals surface area contributed by atoms with Gasteiger partial charge < -0.3 is 14.7 Å². The summed E-state index contributed by atoms with van der Waals surface area (Å²) in [5.74, 6) is -0.329. The number of nitrogens with zero attached hydrogens (tertiary/aromatic N) is 3. The number of halogens is 1. The lowest BCUT2D eigenvalue weighted by Gasteiger charge is -2.32. The van der Waals surface area contributed by atoms with Crippen molar-refractivity contribution in [1.82, 2.24) is 9.80 Å². The Hall–Kier alpha value is -3.00. The number of hydrogen-bond acceptors (Lipinski definition) is 4. The van der Waals surface area contributed by atoms with Crippen LogP contribution in [0.15, 0.2) is 76.5 Å². The normalized spacial score (nSPS) is 18.3. The van der Waals surface area contributed by atoms with Crippen molar-refractivity contribution < 1.29 is 13.8 Å². The number of likely N-dealkylation sites (N-methyl/N-ethyl adjacent to an activating group) is 1. The summed E-state index contributed by atoms with van der Waals surface area (Å²) in [6.45, 7) is 3.20. The molecule has 174 valence electrons. The second-order valence-electron chi connectivity index (χ2n) is 8.56. The Morgan fingerprint density at radius 1 is 0.941 bits per heavy atom. The predicted molar refractivity (Wildman–Crippen MR) is 133 cm³/mol. The first-order chi connectivity index (χ1) is 16.4. The molecule has 3 aromatic carbocycles. The monoisotopic (exact) mass is 493 g/mol. The molecule has 1 fully saturated rings. The quantitative estimate of drug-likeness (QED) is 0.552. The van der Waals surface area contributed by atoms with E-state index in [4.69, 9.17) is 11.6 Å². The smallest absolute Gasteiger partial charge is 0.259 e. The van der Waals surface area contributed by atoms with E-state index >= 15 is 0 Å². The summed E-state index contributed by atoms with van der Waals surface area (Å²) >= 11 is 6.05. The number of piperazine rings is 1. The molecule has 0 radical (unpaired) electrons. The molecule has 0 unspecified atom stereocenters. The van der Waals surface area contributed by atoms with E-state index < -0.39 is 10.8 Å². The summed E-state index contributed by atoms with van der Waals surface area (Å²) in [5, 5.41) is 0.609. The molecule has 0 spiro atoms. The van der Waals surface area contributed by atoms with Gasteiger partial charge >= 0.3 is 0 Å². The molecule has 0 aliphatic carbocycles. The minimum atomic E-state index is -1.56.